The molecule has 134 valence electrons. The third kappa shape index (κ3) is 3.85. The van der Waals surface area contributed by atoms with Gasteiger partial charge in [0.25, 0.3) is 0 Å². The van der Waals surface area contributed by atoms with E-state index in [-0.39, 0.29) is 18.4 Å². The van der Waals surface area contributed by atoms with Crippen LogP contribution in [0.4, 0.5) is 0 Å². The van der Waals surface area contributed by atoms with Crippen molar-refractivity contribution in [2.75, 3.05) is 13.2 Å². The molecule has 1 atom stereocenters. The fourth-order valence-corrected chi connectivity index (χ4v) is 3.19. The number of hydrogen-bond donors (Lipinski definition) is 1. The van der Waals surface area contributed by atoms with Gasteiger partial charge in [0, 0.05) is 23.8 Å². The molecule has 0 saturated heterocycles. The summed E-state index contributed by atoms with van der Waals surface area (Å²) < 4.78 is 17.0. The molecule has 3 heterocycles. The van der Waals surface area contributed by atoms with Crippen molar-refractivity contribution in [1.29, 1.82) is 0 Å². The monoisotopic (exact) mass is 371 g/mol. The Labute approximate surface area is 154 Å². The number of amides is 1. The van der Waals surface area contributed by atoms with E-state index in [4.69, 9.17) is 13.9 Å². The fraction of sp³-hybridized carbons (Fsp3) is 0.278. The van der Waals surface area contributed by atoms with Crippen LogP contribution in [0.15, 0.2) is 45.5 Å². The van der Waals surface area contributed by atoms with Crippen LogP contribution in [0.5, 0.6) is 11.5 Å². The van der Waals surface area contributed by atoms with Crippen LogP contribution in [0.2, 0.25) is 0 Å². The Morgan fingerprint density at radius 3 is 2.96 bits per heavy atom. The van der Waals surface area contributed by atoms with E-state index in [1.165, 1.54) is 0 Å². The van der Waals surface area contributed by atoms with Crippen LogP contribution in [0.1, 0.15) is 12.3 Å². The number of hydrogen-bond acceptors (Lipinski definition) is 7. The quantitative estimate of drug-likeness (QED) is 0.717. The Bertz CT molecular complexity index is 878. The second-order valence-corrected chi connectivity index (χ2v) is 6.59. The molecule has 0 bridgehead atoms. The number of benzene rings is 1. The molecule has 1 unspecified atom stereocenters. The maximum Gasteiger partial charge on any atom is 0.248 e. The number of aryl methyl sites for hydroxylation is 1. The first-order valence-corrected chi connectivity index (χ1v) is 9.22. The van der Waals surface area contributed by atoms with Gasteiger partial charge in [0.2, 0.25) is 17.7 Å². The number of nitrogens with zero attached hydrogens (tertiary/aromatic N) is 2. The maximum absolute atomic E-state index is 12.0. The van der Waals surface area contributed by atoms with Gasteiger partial charge in [-0.15, -0.1) is 10.2 Å². The highest BCUT2D eigenvalue weighted by Gasteiger charge is 2.21. The molecule has 0 radical (unpaired) electrons. The van der Waals surface area contributed by atoms with Crippen molar-refractivity contribution >= 4 is 17.2 Å². The zero-order valence-corrected chi connectivity index (χ0v) is 14.7. The molecule has 1 aliphatic heterocycles. The van der Waals surface area contributed by atoms with E-state index in [9.17, 15) is 4.79 Å². The Morgan fingerprint density at radius 2 is 2.12 bits per heavy atom. The van der Waals surface area contributed by atoms with Crippen LogP contribution in [0, 0.1) is 0 Å². The lowest BCUT2D eigenvalue weighted by molar-refractivity contribution is -0.121. The van der Waals surface area contributed by atoms with Crippen molar-refractivity contribution in [3.63, 3.8) is 0 Å². The van der Waals surface area contributed by atoms with Crippen molar-refractivity contribution < 1.29 is 18.7 Å². The predicted molar refractivity (Wildman–Crippen MR) is 95.3 cm³/mol. The summed E-state index contributed by atoms with van der Waals surface area (Å²) in [6.45, 7) is 0.794. The lowest BCUT2D eigenvalue weighted by Gasteiger charge is -2.26. The first-order chi connectivity index (χ1) is 12.8. The van der Waals surface area contributed by atoms with Crippen molar-refractivity contribution in [3.8, 4) is 23.0 Å². The van der Waals surface area contributed by atoms with Crippen molar-refractivity contribution in [3.05, 3.63) is 47.0 Å². The van der Waals surface area contributed by atoms with E-state index in [1.807, 2.05) is 41.1 Å². The van der Waals surface area contributed by atoms with Crippen LogP contribution < -0.4 is 14.8 Å². The molecule has 0 aliphatic carbocycles. The molecular formula is C18H17N3O4S. The van der Waals surface area contributed by atoms with Gasteiger partial charge in [0.15, 0.2) is 11.5 Å². The van der Waals surface area contributed by atoms with E-state index >= 15 is 0 Å². The zero-order valence-electron chi connectivity index (χ0n) is 13.9. The van der Waals surface area contributed by atoms with Gasteiger partial charge >= 0.3 is 0 Å². The molecular weight excluding hydrogens is 354 g/mol. The Kier molecular flexibility index (Phi) is 4.83. The third-order valence-corrected chi connectivity index (χ3v) is 4.58. The van der Waals surface area contributed by atoms with Crippen molar-refractivity contribution in [1.82, 2.24) is 15.5 Å². The summed E-state index contributed by atoms with van der Waals surface area (Å²) in [6.07, 6.45) is 0.464. The van der Waals surface area contributed by atoms with Gasteiger partial charge in [-0.3, -0.25) is 4.79 Å². The van der Waals surface area contributed by atoms with Gasteiger partial charge in [-0.2, -0.15) is 11.3 Å². The van der Waals surface area contributed by atoms with Crippen LogP contribution in [0.3, 0.4) is 0 Å². The number of ether oxygens (including phenoxy) is 2. The lowest BCUT2D eigenvalue weighted by Crippen LogP contribution is -2.40. The second kappa shape index (κ2) is 7.57. The Morgan fingerprint density at radius 1 is 1.23 bits per heavy atom. The molecule has 1 N–H and O–H groups in total. The minimum Gasteiger partial charge on any atom is -0.486 e. The molecule has 1 amide bonds. The van der Waals surface area contributed by atoms with Crippen LogP contribution >= 0.6 is 11.3 Å². The normalized spacial score (nSPS) is 15.6. The highest BCUT2D eigenvalue weighted by atomic mass is 32.1. The van der Waals surface area contributed by atoms with E-state index in [2.05, 4.69) is 15.5 Å². The van der Waals surface area contributed by atoms with Crippen molar-refractivity contribution in [2.45, 2.75) is 18.9 Å². The average Bonchev–Trinajstić information content (AvgIpc) is 3.36. The summed E-state index contributed by atoms with van der Waals surface area (Å²) in [5.74, 6) is 2.26. The number of fused-ring (bicyclic) bond motifs is 1. The van der Waals surface area contributed by atoms with Gasteiger partial charge < -0.3 is 19.2 Å². The Hall–Kier alpha value is -2.87. The first-order valence-electron chi connectivity index (χ1n) is 8.28. The summed E-state index contributed by atoms with van der Waals surface area (Å²) in [6, 6.07) is 9.41. The van der Waals surface area contributed by atoms with Crippen LogP contribution in [0.25, 0.3) is 11.5 Å². The van der Waals surface area contributed by atoms with Gasteiger partial charge in [-0.25, -0.2) is 0 Å². The molecule has 2 aromatic heterocycles. The van der Waals surface area contributed by atoms with Crippen LogP contribution in [-0.4, -0.2) is 35.4 Å². The Balaban J connectivity index is 1.23. The number of rotatable bonds is 6. The molecule has 0 fully saturated rings. The maximum atomic E-state index is 12.0. The third-order valence-electron chi connectivity index (χ3n) is 3.90. The summed E-state index contributed by atoms with van der Waals surface area (Å²) >= 11 is 1.56. The van der Waals surface area contributed by atoms with E-state index < -0.39 is 0 Å². The summed E-state index contributed by atoms with van der Waals surface area (Å²) in [5, 5.41) is 14.7. The number of nitrogens with one attached hydrogen (secondary N) is 1. The molecule has 8 heteroatoms. The molecule has 3 aromatic rings. The summed E-state index contributed by atoms with van der Waals surface area (Å²) in [4.78, 5) is 12.0. The number of carbonyl (C=O) groups is 1. The van der Waals surface area contributed by atoms with Crippen LogP contribution in [-0.2, 0) is 11.2 Å². The topological polar surface area (TPSA) is 86.5 Å². The average molecular weight is 371 g/mol. The summed E-state index contributed by atoms with van der Waals surface area (Å²) in [7, 11) is 0. The molecule has 1 aliphatic rings. The smallest absolute Gasteiger partial charge is 0.248 e. The minimum absolute atomic E-state index is 0.0947. The van der Waals surface area contributed by atoms with Gasteiger partial charge in [-0.05, 0) is 23.6 Å². The number of thiophene rings is 1. The predicted octanol–water partition coefficient (Wildman–Crippen LogP) is 2.69. The number of para-hydroxylation sites is 2. The van der Waals surface area contributed by atoms with E-state index in [0.29, 0.717) is 37.1 Å². The van der Waals surface area contributed by atoms with Gasteiger partial charge in [-0.1, -0.05) is 12.1 Å². The van der Waals surface area contributed by atoms with E-state index in [0.717, 1.165) is 11.3 Å². The molecule has 7 nitrogen and oxygen atoms in total. The zero-order chi connectivity index (χ0) is 17.8. The highest BCUT2D eigenvalue weighted by Crippen LogP contribution is 2.30. The minimum atomic E-state index is -0.206. The largest absolute Gasteiger partial charge is 0.486 e. The van der Waals surface area contributed by atoms with Gasteiger partial charge in [0.05, 0.1) is 6.54 Å². The SMILES string of the molecule is O=C(CCc1nnc(-c2ccsc2)o1)NCC1COc2ccccc2O1. The molecule has 0 saturated carbocycles. The molecule has 26 heavy (non-hydrogen) atoms. The van der Waals surface area contributed by atoms with Crippen molar-refractivity contribution in [2.24, 2.45) is 0 Å². The van der Waals surface area contributed by atoms with Gasteiger partial charge in [0.1, 0.15) is 12.7 Å². The first kappa shape index (κ1) is 16.6. The number of carbonyl (C=O) groups excluding carboxylic acids is 1. The molecule has 1 aromatic carbocycles. The second-order valence-electron chi connectivity index (χ2n) is 5.81. The van der Waals surface area contributed by atoms with E-state index in [1.54, 1.807) is 11.3 Å². The molecule has 4 rings (SSSR count). The molecule has 0 spiro atoms. The number of aromatic nitrogens is 2. The standard InChI is InChI=1S/C18H17N3O4S/c22-16(5-6-17-20-21-18(25-17)12-7-8-26-11-12)19-9-13-10-23-14-3-1-2-4-15(14)24-13/h1-4,7-8,11,13H,5-6,9-10H2,(H,19,22). The fourth-order valence-electron chi connectivity index (χ4n) is 2.56. The summed E-state index contributed by atoms with van der Waals surface area (Å²) in [5.41, 5.74) is 0.896. The highest BCUT2D eigenvalue weighted by molar-refractivity contribution is 7.08. The lowest BCUT2D eigenvalue weighted by atomic mass is 10.2.